The van der Waals surface area contributed by atoms with Crippen LogP contribution < -0.4 is 0 Å². The molecule has 1 fully saturated rings. The zero-order valence-electron chi connectivity index (χ0n) is 11.7. The van der Waals surface area contributed by atoms with Crippen molar-refractivity contribution in [1.29, 1.82) is 0 Å². The molecule has 3 heteroatoms. The van der Waals surface area contributed by atoms with Gasteiger partial charge in [-0.2, -0.15) is 0 Å². The second-order valence-electron chi connectivity index (χ2n) is 6.13. The molecule has 0 aromatic heterocycles. The van der Waals surface area contributed by atoms with Crippen molar-refractivity contribution in [2.45, 2.75) is 24.7 Å². The number of hydrogen-bond acceptors (Lipinski definition) is 3. The third-order valence-electron chi connectivity index (χ3n) is 5.02. The van der Waals surface area contributed by atoms with Gasteiger partial charge in [-0.1, -0.05) is 59.8 Å². The van der Waals surface area contributed by atoms with Gasteiger partial charge in [0, 0.05) is 0 Å². The fourth-order valence-electron chi connectivity index (χ4n) is 4.06. The minimum Gasteiger partial charge on any atom is -0.388 e. The van der Waals surface area contributed by atoms with Crippen LogP contribution in [-0.2, 0) is 15.2 Å². The van der Waals surface area contributed by atoms with Gasteiger partial charge in [0.1, 0.15) is 5.60 Å². The van der Waals surface area contributed by atoms with E-state index in [0.29, 0.717) is 0 Å². The molecule has 2 bridgehead atoms. The quantitative estimate of drug-likeness (QED) is 0.799. The molecule has 1 saturated heterocycles. The summed E-state index contributed by atoms with van der Waals surface area (Å²) in [4.78, 5) is 5.80. The molecule has 3 aliphatic rings. The second kappa shape index (κ2) is 3.74. The summed E-state index contributed by atoms with van der Waals surface area (Å²) in [5.41, 5.74) is 4.30. The number of ether oxygens (including phenoxy) is 1. The van der Waals surface area contributed by atoms with E-state index in [-0.39, 0.29) is 23.7 Å². The lowest BCUT2D eigenvalue weighted by atomic mass is 9.73. The molecular weight excluding hydrogens is 262 g/mol. The van der Waals surface area contributed by atoms with Crippen LogP contribution in [0.1, 0.15) is 29.7 Å². The SMILES string of the molecule is C[C@]12O[C@H](c3ccccc31)[C@H]1C(c3ccccc3)=NO[C@H]12. The Morgan fingerprint density at radius 3 is 2.62 bits per heavy atom. The van der Waals surface area contributed by atoms with Crippen molar-refractivity contribution in [2.75, 3.05) is 0 Å². The lowest BCUT2D eigenvalue weighted by molar-refractivity contribution is -0.0793. The van der Waals surface area contributed by atoms with Crippen LogP contribution in [0.5, 0.6) is 0 Å². The number of benzene rings is 2. The van der Waals surface area contributed by atoms with Crippen molar-refractivity contribution in [3.8, 4) is 0 Å². The van der Waals surface area contributed by atoms with Gasteiger partial charge in [0.2, 0.25) is 0 Å². The second-order valence-corrected chi connectivity index (χ2v) is 6.13. The van der Waals surface area contributed by atoms with Crippen molar-refractivity contribution in [2.24, 2.45) is 11.1 Å². The van der Waals surface area contributed by atoms with Crippen molar-refractivity contribution in [1.82, 2.24) is 0 Å². The molecule has 0 unspecified atom stereocenters. The first-order chi connectivity index (χ1) is 10.3. The van der Waals surface area contributed by atoms with Crippen LogP contribution in [0, 0.1) is 5.92 Å². The lowest BCUT2D eigenvalue weighted by Crippen LogP contribution is -2.38. The van der Waals surface area contributed by atoms with Gasteiger partial charge in [-0.15, -0.1) is 0 Å². The van der Waals surface area contributed by atoms with Gasteiger partial charge < -0.3 is 9.57 Å². The fourth-order valence-corrected chi connectivity index (χ4v) is 4.06. The van der Waals surface area contributed by atoms with E-state index in [1.165, 1.54) is 11.1 Å². The molecule has 2 aromatic carbocycles. The van der Waals surface area contributed by atoms with Crippen LogP contribution in [0.2, 0.25) is 0 Å². The summed E-state index contributed by atoms with van der Waals surface area (Å²) >= 11 is 0. The smallest absolute Gasteiger partial charge is 0.171 e. The summed E-state index contributed by atoms with van der Waals surface area (Å²) in [5.74, 6) is 0.187. The van der Waals surface area contributed by atoms with Gasteiger partial charge in [-0.3, -0.25) is 0 Å². The Morgan fingerprint density at radius 2 is 1.76 bits per heavy atom. The van der Waals surface area contributed by atoms with Crippen molar-refractivity contribution in [3.63, 3.8) is 0 Å². The van der Waals surface area contributed by atoms with Gasteiger partial charge >= 0.3 is 0 Å². The fraction of sp³-hybridized carbons (Fsp3) is 0.278. The Kier molecular flexibility index (Phi) is 2.05. The van der Waals surface area contributed by atoms with Crippen molar-refractivity contribution in [3.05, 3.63) is 71.3 Å². The van der Waals surface area contributed by atoms with Gasteiger partial charge in [0.25, 0.3) is 0 Å². The number of rotatable bonds is 1. The third-order valence-corrected chi connectivity index (χ3v) is 5.02. The van der Waals surface area contributed by atoms with Crippen LogP contribution in [-0.4, -0.2) is 11.8 Å². The predicted molar refractivity (Wildman–Crippen MR) is 79.0 cm³/mol. The first kappa shape index (κ1) is 11.5. The molecule has 0 spiro atoms. The maximum Gasteiger partial charge on any atom is 0.171 e. The minimum atomic E-state index is -0.383. The molecule has 3 aliphatic heterocycles. The highest BCUT2D eigenvalue weighted by atomic mass is 16.7. The van der Waals surface area contributed by atoms with Crippen LogP contribution in [0.3, 0.4) is 0 Å². The standard InChI is InChI=1S/C18H15NO2/c1-18-13-10-6-5-9-12(13)16(20-18)14-15(19-21-17(14)18)11-7-3-2-4-8-11/h2-10,14,16-17H,1H3/t14-,16-,17-,18+/m1/s1. The van der Waals surface area contributed by atoms with Crippen molar-refractivity contribution >= 4 is 5.71 Å². The van der Waals surface area contributed by atoms with Gasteiger partial charge in [-0.25, -0.2) is 0 Å². The molecule has 3 nitrogen and oxygen atoms in total. The normalized spacial score (nSPS) is 35.1. The summed E-state index contributed by atoms with van der Waals surface area (Å²) in [6.07, 6.45) is 0.0327. The third kappa shape index (κ3) is 1.30. The van der Waals surface area contributed by atoms with Gasteiger partial charge in [0.05, 0.1) is 17.7 Å². The topological polar surface area (TPSA) is 30.8 Å². The zero-order chi connectivity index (χ0) is 14.0. The van der Waals surface area contributed by atoms with E-state index in [4.69, 9.17) is 9.57 Å². The molecule has 104 valence electrons. The average Bonchev–Trinajstić information content (AvgIpc) is 3.17. The molecule has 0 N–H and O–H groups in total. The van der Waals surface area contributed by atoms with Crippen LogP contribution in [0.25, 0.3) is 0 Å². The maximum atomic E-state index is 6.34. The predicted octanol–water partition coefficient (Wildman–Crippen LogP) is 3.41. The van der Waals surface area contributed by atoms with Crippen LogP contribution >= 0.6 is 0 Å². The molecule has 0 amide bonds. The number of hydrogen-bond donors (Lipinski definition) is 0. The Morgan fingerprint density at radius 1 is 1.00 bits per heavy atom. The first-order valence-electron chi connectivity index (χ1n) is 7.35. The highest BCUT2D eigenvalue weighted by molar-refractivity contribution is 6.04. The summed E-state index contributed by atoms with van der Waals surface area (Å²) in [6.45, 7) is 2.12. The first-order valence-corrected chi connectivity index (χ1v) is 7.35. The van der Waals surface area contributed by atoms with Crippen LogP contribution in [0.15, 0.2) is 59.8 Å². The largest absolute Gasteiger partial charge is 0.388 e. The molecule has 2 aromatic rings. The van der Waals surface area contributed by atoms with Gasteiger partial charge in [0.15, 0.2) is 6.10 Å². The Hall–Kier alpha value is -2.13. The van der Waals surface area contributed by atoms with Gasteiger partial charge in [-0.05, 0) is 23.6 Å². The Balaban J connectivity index is 1.65. The molecule has 0 saturated carbocycles. The molecule has 21 heavy (non-hydrogen) atoms. The molecule has 0 radical (unpaired) electrons. The maximum absolute atomic E-state index is 6.34. The highest BCUT2D eigenvalue weighted by Gasteiger charge is 2.65. The van der Waals surface area contributed by atoms with E-state index < -0.39 is 0 Å². The van der Waals surface area contributed by atoms with E-state index in [0.717, 1.165) is 11.3 Å². The molecule has 5 rings (SSSR count). The van der Waals surface area contributed by atoms with E-state index >= 15 is 0 Å². The highest BCUT2D eigenvalue weighted by Crippen LogP contribution is 2.60. The lowest BCUT2D eigenvalue weighted by Gasteiger charge is -2.29. The van der Waals surface area contributed by atoms with E-state index in [9.17, 15) is 0 Å². The Labute approximate surface area is 123 Å². The minimum absolute atomic E-state index is 0.0207. The Bertz CT molecular complexity index is 755. The average molecular weight is 277 g/mol. The summed E-state index contributed by atoms with van der Waals surface area (Å²) < 4.78 is 6.34. The number of nitrogens with zero attached hydrogens (tertiary/aromatic N) is 1. The monoisotopic (exact) mass is 277 g/mol. The van der Waals surface area contributed by atoms with E-state index in [1.54, 1.807) is 0 Å². The summed E-state index contributed by atoms with van der Waals surface area (Å²) in [7, 11) is 0. The van der Waals surface area contributed by atoms with E-state index in [1.807, 2.05) is 18.2 Å². The van der Waals surface area contributed by atoms with Crippen molar-refractivity contribution < 1.29 is 9.57 Å². The molecule has 4 atom stereocenters. The summed E-state index contributed by atoms with van der Waals surface area (Å²) in [5, 5.41) is 4.40. The molecule has 0 aliphatic carbocycles. The zero-order valence-corrected chi connectivity index (χ0v) is 11.7. The number of oxime groups is 1. The molecule has 3 heterocycles. The van der Waals surface area contributed by atoms with Crippen LogP contribution in [0.4, 0.5) is 0 Å². The molecular formula is C18H15NO2. The van der Waals surface area contributed by atoms with E-state index in [2.05, 4.69) is 48.5 Å². The summed E-state index contributed by atoms with van der Waals surface area (Å²) in [6, 6.07) is 18.7. The number of fused-ring (bicyclic) bond motifs is 8.